The Labute approximate surface area is 132 Å². The van der Waals surface area contributed by atoms with Crippen molar-refractivity contribution in [2.24, 2.45) is 5.41 Å². The fourth-order valence-electron chi connectivity index (χ4n) is 3.78. The minimum absolute atomic E-state index is 0.109. The van der Waals surface area contributed by atoms with Gasteiger partial charge in [0.05, 0.1) is 25.2 Å². The van der Waals surface area contributed by atoms with Crippen molar-refractivity contribution in [3.63, 3.8) is 0 Å². The molecular formula is C18H27NO3. The summed E-state index contributed by atoms with van der Waals surface area (Å²) in [6.45, 7) is 3.41. The average molecular weight is 305 g/mol. The summed E-state index contributed by atoms with van der Waals surface area (Å²) in [6.07, 6.45) is 4.31. The molecule has 2 N–H and O–H groups in total. The van der Waals surface area contributed by atoms with Crippen LogP contribution >= 0.6 is 0 Å². The minimum Gasteiger partial charge on any atom is -0.396 e. The van der Waals surface area contributed by atoms with Gasteiger partial charge in [-0.05, 0) is 36.8 Å². The summed E-state index contributed by atoms with van der Waals surface area (Å²) in [5, 5.41) is 19.0. The van der Waals surface area contributed by atoms with Gasteiger partial charge in [0.25, 0.3) is 0 Å². The van der Waals surface area contributed by atoms with Crippen molar-refractivity contribution in [3.8, 4) is 0 Å². The Kier molecular flexibility index (Phi) is 5.14. The van der Waals surface area contributed by atoms with E-state index in [4.69, 9.17) is 4.74 Å². The summed E-state index contributed by atoms with van der Waals surface area (Å²) < 4.78 is 5.36. The van der Waals surface area contributed by atoms with Gasteiger partial charge >= 0.3 is 0 Å². The first-order valence-electron chi connectivity index (χ1n) is 8.39. The normalized spacial score (nSPS) is 23.1. The molecule has 0 radical (unpaired) electrons. The number of aliphatic hydroxyl groups excluding tert-OH is 2. The fourth-order valence-corrected chi connectivity index (χ4v) is 3.78. The molecule has 0 spiro atoms. The molecule has 0 bridgehead atoms. The topological polar surface area (TPSA) is 52.9 Å². The second-order valence-electron chi connectivity index (χ2n) is 6.81. The maximum Gasteiger partial charge on any atom is 0.0579 e. The first kappa shape index (κ1) is 15.9. The van der Waals surface area contributed by atoms with Crippen LogP contribution in [-0.4, -0.2) is 54.6 Å². The van der Waals surface area contributed by atoms with E-state index in [1.807, 2.05) is 0 Å². The number of benzene rings is 1. The van der Waals surface area contributed by atoms with Gasteiger partial charge in [-0.2, -0.15) is 0 Å². The third-order valence-electron chi connectivity index (χ3n) is 5.07. The van der Waals surface area contributed by atoms with Crippen molar-refractivity contribution in [3.05, 3.63) is 35.4 Å². The predicted molar refractivity (Wildman–Crippen MR) is 85.7 cm³/mol. The first-order chi connectivity index (χ1) is 10.8. The van der Waals surface area contributed by atoms with Crippen molar-refractivity contribution in [1.29, 1.82) is 0 Å². The van der Waals surface area contributed by atoms with Crippen LogP contribution in [0.4, 0.5) is 0 Å². The molecule has 1 saturated heterocycles. The summed E-state index contributed by atoms with van der Waals surface area (Å²) in [5.41, 5.74) is 2.78. The van der Waals surface area contributed by atoms with E-state index in [2.05, 4.69) is 29.2 Å². The highest BCUT2D eigenvalue weighted by atomic mass is 16.5. The number of aliphatic hydroxyl groups is 2. The van der Waals surface area contributed by atoms with Crippen molar-refractivity contribution in [1.82, 2.24) is 4.90 Å². The highest BCUT2D eigenvalue weighted by Gasteiger charge is 2.41. The van der Waals surface area contributed by atoms with Gasteiger partial charge in [-0.3, -0.25) is 4.90 Å². The minimum atomic E-state index is -0.109. The fraction of sp³-hybridized carbons (Fsp3) is 0.667. The van der Waals surface area contributed by atoms with Crippen LogP contribution in [0.25, 0.3) is 0 Å². The summed E-state index contributed by atoms with van der Waals surface area (Å²) in [4.78, 5) is 2.47. The van der Waals surface area contributed by atoms with Gasteiger partial charge in [0.2, 0.25) is 0 Å². The van der Waals surface area contributed by atoms with Gasteiger partial charge in [-0.15, -0.1) is 0 Å². The zero-order chi connectivity index (χ0) is 15.4. The van der Waals surface area contributed by atoms with Crippen LogP contribution in [0, 0.1) is 5.41 Å². The lowest BCUT2D eigenvalue weighted by Crippen LogP contribution is -2.54. The molecule has 1 atom stereocenters. The number of hydrogen-bond acceptors (Lipinski definition) is 4. The maximum absolute atomic E-state index is 9.75. The Morgan fingerprint density at radius 3 is 2.73 bits per heavy atom. The van der Waals surface area contributed by atoms with Crippen molar-refractivity contribution in [2.45, 2.75) is 31.7 Å². The van der Waals surface area contributed by atoms with E-state index in [0.717, 1.165) is 32.4 Å². The Hall–Kier alpha value is -0.940. The Balaban J connectivity index is 1.80. The quantitative estimate of drug-likeness (QED) is 0.806. The number of hydrogen-bond donors (Lipinski definition) is 2. The second kappa shape index (κ2) is 7.09. The highest BCUT2D eigenvalue weighted by molar-refractivity contribution is 5.32. The second-order valence-corrected chi connectivity index (χ2v) is 6.81. The number of fused-ring (bicyclic) bond motifs is 1. The van der Waals surface area contributed by atoms with Gasteiger partial charge in [0, 0.05) is 25.7 Å². The lowest BCUT2D eigenvalue weighted by molar-refractivity contribution is -0.152. The molecule has 1 aliphatic heterocycles. The summed E-state index contributed by atoms with van der Waals surface area (Å²) >= 11 is 0. The van der Waals surface area contributed by atoms with Crippen LogP contribution in [-0.2, 0) is 11.2 Å². The molecule has 1 fully saturated rings. The lowest BCUT2D eigenvalue weighted by Gasteiger charge is -2.46. The molecule has 3 rings (SSSR count). The van der Waals surface area contributed by atoms with Crippen molar-refractivity contribution >= 4 is 0 Å². The smallest absolute Gasteiger partial charge is 0.0579 e. The first-order valence-corrected chi connectivity index (χ1v) is 8.39. The van der Waals surface area contributed by atoms with Gasteiger partial charge < -0.3 is 14.9 Å². The van der Waals surface area contributed by atoms with Gasteiger partial charge in [0.1, 0.15) is 0 Å². The van der Waals surface area contributed by atoms with Crippen LogP contribution < -0.4 is 0 Å². The number of ether oxygens (including phenoxy) is 1. The van der Waals surface area contributed by atoms with Crippen LogP contribution in [0.15, 0.2) is 24.3 Å². The van der Waals surface area contributed by atoms with Gasteiger partial charge in [-0.25, -0.2) is 0 Å². The summed E-state index contributed by atoms with van der Waals surface area (Å²) in [7, 11) is 0. The molecule has 0 amide bonds. The zero-order valence-corrected chi connectivity index (χ0v) is 13.2. The molecular weight excluding hydrogens is 278 g/mol. The molecule has 1 unspecified atom stereocenters. The molecule has 122 valence electrons. The van der Waals surface area contributed by atoms with E-state index < -0.39 is 0 Å². The van der Waals surface area contributed by atoms with Gasteiger partial charge in [0.15, 0.2) is 0 Å². The van der Waals surface area contributed by atoms with E-state index >= 15 is 0 Å². The van der Waals surface area contributed by atoms with Crippen LogP contribution in [0.2, 0.25) is 0 Å². The number of rotatable bonds is 7. The van der Waals surface area contributed by atoms with Crippen LogP contribution in [0.5, 0.6) is 0 Å². The zero-order valence-electron chi connectivity index (χ0n) is 13.2. The van der Waals surface area contributed by atoms with E-state index in [1.165, 1.54) is 17.5 Å². The SMILES string of the molecule is OCCCN(CC1(CO)COC1)C1CCCc2ccccc21. The highest BCUT2D eigenvalue weighted by Crippen LogP contribution is 2.37. The molecule has 1 aromatic rings. The molecule has 1 aliphatic carbocycles. The average Bonchev–Trinajstić information content (AvgIpc) is 2.53. The van der Waals surface area contributed by atoms with Crippen LogP contribution in [0.3, 0.4) is 0 Å². The number of nitrogens with zero attached hydrogens (tertiary/aromatic N) is 1. The molecule has 2 aliphatic rings. The molecule has 1 aromatic carbocycles. The van der Waals surface area contributed by atoms with E-state index in [9.17, 15) is 10.2 Å². The van der Waals surface area contributed by atoms with Crippen LogP contribution in [0.1, 0.15) is 36.4 Å². The summed E-state index contributed by atoms with van der Waals surface area (Å²) in [5.74, 6) is 0. The van der Waals surface area contributed by atoms with E-state index in [0.29, 0.717) is 19.3 Å². The third-order valence-corrected chi connectivity index (χ3v) is 5.07. The van der Waals surface area contributed by atoms with Gasteiger partial charge in [-0.1, -0.05) is 24.3 Å². The van der Waals surface area contributed by atoms with E-state index in [-0.39, 0.29) is 18.6 Å². The standard InChI is InChI=1S/C18H27NO3/c20-10-4-9-19(11-18(12-21)13-22-14-18)17-8-3-6-15-5-1-2-7-16(15)17/h1-2,5,7,17,20-21H,3-4,6,8-14H2. The monoisotopic (exact) mass is 305 g/mol. The molecule has 4 heteroatoms. The Bertz CT molecular complexity index is 481. The van der Waals surface area contributed by atoms with Crippen molar-refractivity contribution in [2.75, 3.05) is 39.5 Å². The third kappa shape index (κ3) is 3.20. The number of aryl methyl sites for hydroxylation is 1. The molecule has 1 heterocycles. The van der Waals surface area contributed by atoms with Crippen molar-refractivity contribution < 1.29 is 14.9 Å². The molecule has 0 aromatic heterocycles. The molecule has 4 nitrogen and oxygen atoms in total. The largest absolute Gasteiger partial charge is 0.396 e. The molecule has 0 saturated carbocycles. The summed E-state index contributed by atoms with van der Waals surface area (Å²) in [6, 6.07) is 9.12. The Morgan fingerprint density at radius 2 is 2.05 bits per heavy atom. The molecule has 22 heavy (non-hydrogen) atoms. The lowest BCUT2D eigenvalue weighted by atomic mass is 9.82. The Morgan fingerprint density at radius 1 is 1.23 bits per heavy atom. The van der Waals surface area contributed by atoms with E-state index in [1.54, 1.807) is 0 Å². The maximum atomic E-state index is 9.75. The predicted octanol–water partition coefficient (Wildman–Crippen LogP) is 1.76.